The summed E-state index contributed by atoms with van der Waals surface area (Å²) < 4.78 is 1.88. The number of aromatic nitrogens is 1. The Labute approximate surface area is 138 Å². The van der Waals surface area contributed by atoms with Crippen LogP contribution in [0.4, 0.5) is 0 Å². The molecule has 0 atom stereocenters. The van der Waals surface area contributed by atoms with E-state index in [0.717, 1.165) is 31.7 Å². The van der Waals surface area contributed by atoms with Crippen LogP contribution in [-0.4, -0.2) is 21.8 Å². The van der Waals surface area contributed by atoms with E-state index in [1.54, 1.807) is 6.20 Å². The average molecular weight is 416 g/mol. The molecule has 0 N–H and O–H groups in total. The topological polar surface area (TPSA) is 33.2 Å². The Hall–Kier alpha value is -0.720. The van der Waals surface area contributed by atoms with Crippen LogP contribution in [0, 0.1) is 0 Å². The van der Waals surface area contributed by atoms with Crippen LogP contribution in [0.15, 0.2) is 38.7 Å². The molecule has 0 spiro atoms. The van der Waals surface area contributed by atoms with Crippen molar-refractivity contribution in [2.75, 3.05) is 0 Å². The van der Waals surface area contributed by atoms with Crippen LogP contribution in [-0.2, 0) is 6.54 Å². The summed E-state index contributed by atoms with van der Waals surface area (Å²) in [4.78, 5) is 19.7. The summed E-state index contributed by atoms with van der Waals surface area (Å²) in [5.41, 5.74) is 0.933. The van der Waals surface area contributed by atoms with Gasteiger partial charge in [-0.15, -0.1) is 11.3 Å². The molecule has 0 aliphatic heterocycles. The van der Waals surface area contributed by atoms with Crippen LogP contribution in [0.25, 0.3) is 0 Å². The van der Waals surface area contributed by atoms with Gasteiger partial charge in [0, 0.05) is 16.7 Å². The lowest BCUT2D eigenvalue weighted by atomic mass is 10.3. The minimum absolute atomic E-state index is 0.0922. The van der Waals surface area contributed by atoms with E-state index in [9.17, 15) is 4.79 Å². The number of carbonyl (C=O) groups is 1. The molecule has 0 bridgehead atoms. The first-order chi connectivity index (χ1) is 9.65. The Morgan fingerprint density at radius 2 is 2.20 bits per heavy atom. The number of halogens is 2. The van der Waals surface area contributed by atoms with E-state index in [0.29, 0.717) is 12.6 Å². The molecule has 20 heavy (non-hydrogen) atoms. The lowest BCUT2D eigenvalue weighted by molar-refractivity contribution is 0.0732. The Balaban J connectivity index is 1.82. The summed E-state index contributed by atoms with van der Waals surface area (Å²) in [6.45, 7) is 0.581. The lowest BCUT2D eigenvalue weighted by Gasteiger charge is -2.21. The van der Waals surface area contributed by atoms with Gasteiger partial charge in [0.25, 0.3) is 5.91 Å². The highest BCUT2D eigenvalue weighted by atomic mass is 79.9. The van der Waals surface area contributed by atoms with E-state index in [1.807, 2.05) is 29.2 Å². The highest BCUT2D eigenvalue weighted by molar-refractivity contribution is 9.13. The van der Waals surface area contributed by atoms with E-state index in [2.05, 4.69) is 36.8 Å². The highest BCUT2D eigenvalue weighted by Gasteiger charge is 2.34. The van der Waals surface area contributed by atoms with Gasteiger partial charge in [-0.25, -0.2) is 0 Å². The number of hydrogen-bond donors (Lipinski definition) is 0. The van der Waals surface area contributed by atoms with Gasteiger partial charge in [0.2, 0.25) is 0 Å². The fourth-order valence-corrected chi connectivity index (χ4v) is 4.00. The summed E-state index contributed by atoms with van der Waals surface area (Å²) in [6.07, 6.45) is 3.95. The van der Waals surface area contributed by atoms with E-state index < -0.39 is 0 Å². The molecule has 1 aliphatic rings. The summed E-state index contributed by atoms with van der Waals surface area (Å²) in [5.74, 6) is 0.0922. The maximum Gasteiger partial charge on any atom is 0.264 e. The van der Waals surface area contributed by atoms with Crippen molar-refractivity contribution in [2.45, 2.75) is 25.4 Å². The Kier molecular flexibility index (Phi) is 4.23. The van der Waals surface area contributed by atoms with E-state index >= 15 is 0 Å². The first-order valence-corrected chi connectivity index (χ1v) is 8.71. The van der Waals surface area contributed by atoms with Crippen LogP contribution in [0.1, 0.15) is 28.2 Å². The molecule has 3 rings (SSSR count). The van der Waals surface area contributed by atoms with Gasteiger partial charge in [0.15, 0.2) is 0 Å². The van der Waals surface area contributed by atoms with Crippen LogP contribution >= 0.6 is 43.2 Å². The number of thiophene rings is 1. The fraction of sp³-hybridized carbons (Fsp3) is 0.286. The molecule has 0 saturated heterocycles. The Morgan fingerprint density at radius 1 is 1.40 bits per heavy atom. The average Bonchev–Trinajstić information content (AvgIpc) is 3.23. The van der Waals surface area contributed by atoms with Crippen LogP contribution < -0.4 is 0 Å². The second kappa shape index (κ2) is 5.95. The van der Waals surface area contributed by atoms with Crippen molar-refractivity contribution >= 4 is 49.1 Å². The van der Waals surface area contributed by atoms with Crippen LogP contribution in [0.3, 0.4) is 0 Å². The summed E-state index contributed by atoms with van der Waals surface area (Å²) in [7, 11) is 0. The predicted molar refractivity (Wildman–Crippen MR) is 86.9 cm³/mol. The standard InChI is InChI=1S/C14H12Br2N2OS/c15-11-7-12(20-13(11)16)14(19)18(10-4-5-10)8-9-3-1-2-6-17-9/h1-3,6-7,10H,4-5,8H2. The third-order valence-electron chi connectivity index (χ3n) is 3.16. The molecule has 1 fully saturated rings. The number of amides is 1. The molecule has 6 heteroatoms. The number of nitrogens with zero attached hydrogens (tertiary/aromatic N) is 2. The number of carbonyl (C=O) groups excluding carboxylic acids is 1. The molecule has 2 aromatic rings. The van der Waals surface area contributed by atoms with Crippen LogP contribution in [0.5, 0.6) is 0 Å². The Morgan fingerprint density at radius 3 is 2.75 bits per heavy atom. The molecule has 1 saturated carbocycles. The fourth-order valence-electron chi connectivity index (χ4n) is 2.01. The van der Waals surface area contributed by atoms with Crippen molar-refractivity contribution in [3.63, 3.8) is 0 Å². The molecular weight excluding hydrogens is 404 g/mol. The maximum atomic E-state index is 12.7. The van der Waals surface area contributed by atoms with Gasteiger partial charge in [0.1, 0.15) is 0 Å². The Bertz CT molecular complexity index is 606. The molecule has 0 unspecified atom stereocenters. The van der Waals surface area contributed by atoms with Gasteiger partial charge in [-0.05, 0) is 62.9 Å². The molecule has 2 aromatic heterocycles. The van der Waals surface area contributed by atoms with Crippen molar-refractivity contribution in [3.05, 3.63) is 49.3 Å². The zero-order valence-corrected chi connectivity index (χ0v) is 14.5. The quantitative estimate of drug-likeness (QED) is 0.737. The van der Waals surface area contributed by atoms with E-state index in [-0.39, 0.29) is 5.91 Å². The van der Waals surface area contributed by atoms with Gasteiger partial charge in [-0.1, -0.05) is 6.07 Å². The van der Waals surface area contributed by atoms with Gasteiger partial charge in [-0.2, -0.15) is 0 Å². The largest absolute Gasteiger partial charge is 0.329 e. The second-order valence-electron chi connectivity index (χ2n) is 4.72. The maximum absolute atomic E-state index is 12.7. The minimum Gasteiger partial charge on any atom is -0.329 e. The van der Waals surface area contributed by atoms with Crippen molar-refractivity contribution in [2.24, 2.45) is 0 Å². The minimum atomic E-state index is 0.0922. The molecule has 104 valence electrons. The first-order valence-electron chi connectivity index (χ1n) is 6.31. The predicted octanol–water partition coefficient (Wildman–Crippen LogP) is 4.47. The zero-order valence-electron chi connectivity index (χ0n) is 10.6. The monoisotopic (exact) mass is 414 g/mol. The van der Waals surface area contributed by atoms with Crippen molar-refractivity contribution in [1.82, 2.24) is 9.88 Å². The van der Waals surface area contributed by atoms with Crippen LogP contribution in [0.2, 0.25) is 0 Å². The van der Waals surface area contributed by atoms with Crippen molar-refractivity contribution in [1.29, 1.82) is 0 Å². The third-order valence-corrected chi connectivity index (χ3v) is 6.41. The number of hydrogen-bond acceptors (Lipinski definition) is 3. The van der Waals surface area contributed by atoms with E-state index in [4.69, 9.17) is 0 Å². The molecule has 1 amide bonds. The van der Waals surface area contributed by atoms with Gasteiger partial charge < -0.3 is 4.90 Å². The summed E-state index contributed by atoms with van der Waals surface area (Å²) in [5, 5.41) is 0. The van der Waals surface area contributed by atoms with Gasteiger partial charge in [-0.3, -0.25) is 9.78 Å². The lowest BCUT2D eigenvalue weighted by Crippen LogP contribution is -2.32. The third kappa shape index (κ3) is 3.13. The molecule has 2 heterocycles. The zero-order chi connectivity index (χ0) is 14.1. The number of pyridine rings is 1. The summed E-state index contributed by atoms with van der Waals surface area (Å²) >= 11 is 8.34. The van der Waals surface area contributed by atoms with Gasteiger partial charge in [0.05, 0.1) is 20.9 Å². The second-order valence-corrected chi connectivity index (χ2v) is 7.94. The smallest absolute Gasteiger partial charge is 0.264 e. The first kappa shape index (κ1) is 14.2. The summed E-state index contributed by atoms with van der Waals surface area (Å²) in [6, 6.07) is 8.05. The molecule has 1 aliphatic carbocycles. The SMILES string of the molecule is O=C(c1cc(Br)c(Br)s1)N(Cc1ccccn1)C1CC1. The highest BCUT2D eigenvalue weighted by Crippen LogP contribution is 2.35. The van der Waals surface area contributed by atoms with Crippen molar-refractivity contribution in [3.8, 4) is 0 Å². The van der Waals surface area contributed by atoms with Crippen molar-refractivity contribution < 1.29 is 4.79 Å². The van der Waals surface area contributed by atoms with E-state index in [1.165, 1.54) is 11.3 Å². The van der Waals surface area contributed by atoms with Gasteiger partial charge >= 0.3 is 0 Å². The molecular formula is C14H12Br2N2OS. The molecule has 0 radical (unpaired) electrons. The molecule has 3 nitrogen and oxygen atoms in total. The number of rotatable bonds is 4. The normalized spacial score (nSPS) is 14.3. The molecule has 0 aromatic carbocycles.